The van der Waals surface area contributed by atoms with Crippen molar-refractivity contribution in [1.29, 1.82) is 0 Å². The van der Waals surface area contributed by atoms with Crippen molar-refractivity contribution in [2.24, 2.45) is 0 Å². The van der Waals surface area contributed by atoms with Gasteiger partial charge in [0, 0.05) is 30.0 Å². The zero-order chi connectivity index (χ0) is 11.4. The first-order valence-electron chi connectivity index (χ1n) is 5.49. The normalized spacial score (nSPS) is 19.8. The van der Waals surface area contributed by atoms with Crippen molar-refractivity contribution in [2.45, 2.75) is 25.4 Å². The van der Waals surface area contributed by atoms with E-state index in [9.17, 15) is 4.79 Å². The molecule has 0 radical (unpaired) electrons. The van der Waals surface area contributed by atoms with Crippen LogP contribution in [-0.2, 0) is 11.3 Å². The minimum absolute atomic E-state index is 0.174. The Hall–Kier alpha value is -0.870. The van der Waals surface area contributed by atoms with Crippen LogP contribution in [0.1, 0.15) is 18.4 Å². The maximum atomic E-state index is 11.0. The van der Waals surface area contributed by atoms with Gasteiger partial charge in [-0.25, -0.2) is 0 Å². The van der Waals surface area contributed by atoms with Crippen LogP contribution in [0.25, 0.3) is 0 Å². The van der Waals surface area contributed by atoms with Crippen molar-refractivity contribution in [3.05, 3.63) is 34.3 Å². The molecule has 1 atom stereocenters. The van der Waals surface area contributed by atoms with Crippen LogP contribution in [0, 0.1) is 0 Å². The van der Waals surface area contributed by atoms with Crippen LogP contribution in [0.4, 0.5) is 0 Å². The summed E-state index contributed by atoms with van der Waals surface area (Å²) >= 11 is 3.51. The molecule has 1 aromatic carbocycles. The maximum absolute atomic E-state index is 11.0. The van der Waals surface area contributed by atoms with E-state index in [0.29, 0.717) is 12.5 Å². The summed E-state index contributed by atoms with van der Waals surface area (Å²) in [4.78, 5) is 11.0. The van der Waals surface area contributed by atoms with E-state index in [1.165, 1.54) is 5.56 Å². The second-order valence-electron chi connectivity index (χ2n) is 4.03. The summed E-state index contributed by atoms with van der Waals surface area (Å²) in [5.74, 6) is 0.174. The van der Waals surface area contributed by atoms with Gasteiger partial charge in [0.05, 0.1) is 0 Å². The summed E-state index contributed by atoms with van der Waals surface area (Å²) in [6.45, 7) is 1.67. The van der Waals surface area contributed by atoms with Gasteiger partial charge in [0.2, 0.25) is 5.91 Å². The molecule has 1 unspecified atom stereocenters. The molecule has 0 bridgehead atoms. The lowest BCUT2D eigenvalue weighted by molar-refractivity contribution is -0.119. The molecule has 0 spiro atoms. The first kappa shape index (κ1) is 11.6. The Kier molecular flexibility index (Phi) is 3.96. The van der Waals surface area contributed by atoms with Gasteiger partial charge in [0.1, 0.15) is 0 Å². The highest BCUT2D eigenvalue weighted by atomic mass is 79.9. The first-order chi connectivity index (χ1) is 7.75. The molecule has 0 aliphatic carbocycles. The highest BCUT2D eigenvalue weighted by Crippen LogP contribution is 2.15. The molecule has 86 valence electrons. The average Bonchev–Trinajstić information content (AvgIpc) is 2.67. The Labute approximate surface area is 104 Å². The van der Waals surface area contributed by atoms with Crippen molar-refractivity contribution in [3.8, 4) is 0 Å². The summed E-state index contributed by atoms with van der Waals surface area (Å²) in [7, 11) is 0. The van der Waals surface area contributed by atoms with Gasteiger partial charge in [-0.3, -0.25) is 4.79 Å². The van der Waals surface area contributed by atoms with Gasteiger partial charge in [0.25, 0.3) is 0 Å². The molecule has 1 aliphatic heterocycles. The second kappa shape index (κ2) is 5.46. The lowest BCUT2D eigenvalue weighted by Gasteiger charge is -2.11. The van der Waals surface area contributed by atoms with E-state index in [2.05, 4.69) is 32.6 Å². The van der Waals surface area contributed by atoms with E-state index >= 15 is 0 Å². The number of hydrogen-bond donors (Lipinski definition) is 2. The predicted molar refractivity (Wildman–Crippen MR) is 67.0 cm³/mol. The van der Waals surface area contributed by atoms with Crippen LogP contribution < -0.4 is 10.6 Å². The van der Waals surface area contributed by atoms with Crippen LogP contribution >= 0.6 is 15.9 Å². The van der Waals surface area contributed by atoms with Crippen LogP contribution in [0.15, 0.2) is 28.7 Å². The molecule has 1 fully saturated rings. The van der Waals surface area contributed by atoms with Gasteiger partial charge in [0.15, 0.2) is 0 Å². The number of benzene rings is 1. The molecule has 1 heterocycles. The number of rotatable bonds is 4. The minimum Gasteiger partial charge on any atom is -0.352 e. The Balaban J connectivity index is 1.76. The standard InChI is InChI=1S/C12H15BrN2O/c13-11-4-2-1-3-9(11)7-14-8-10-5-6-12(16)15-10/h1-4,10,14H,5-8H2,(H,15,16). The fourth-order valence-electron chi connectivity index (χ4n) is 1.85. The van der Waals surface area contributed by atoms with Gasteiger partial charge in [-0.15, -0.1) is 0 Å². The summed E-state index contributed by atoms with van der Waals surface area (Å²) in [6.07, 6.45) is 1.61. The number of amides is 1. The summed E-state index contributed by atoms with van der Waals surface area (Å²) in [6, 6.07) is 8.46. The van der Waals surface area contributed by atoms with Gasteiger partial charge < -0.3 is 10.6 Å². The van der Waals surface area contributed by atoms with Crippen molar-refractivity contribution >= 4 is 21.8 Å². The number of halogens is 1. The van der Waals surface area contributed by atoms with E-state index in [0.717, 1.165) is 24.0 Å². The minimum atomic E-state index is 0.174. The van der Waals surface area contributed by atoms with Gasteiger partial charge in [-0.1, -0.05) is 34.1 Å². The molecule has 1 amide bonds. The smallest absolute Gasteiger partial charge is 0.220 e. The summed E-state index contributed by atoms with van der Waals surface area (Å²) in [5.41, 5.74) is 1.24. The van der Waals surface area contributed by atoms with E-state index in [4.69, 9.17) is 0 Å². The van der Waals surface area contributed by atoms with Crippen molar-refractivity contribution in [3.63, 3.8) is 0 Å². The molecular weight excluding hydrogens is 268 g/mol. The Morgan fingerprint density at radius 2 is 2.25 bits per heavy atom. The summed E-state index contributed by atoms with van der Waals surface area (Å²) < 4.78 is 1.12. The molecule has 2 rings (SSSR count). The molecule has 4 heteroatoms. The molecule has 0 saturated carbocycles. The molecule has 1 aromatic rings. The SMILES string of the molecule is O=C1CCC(CNCc2ccccc2Br)N1. The average molecular weight is 283 g/mol. The third kappa shape index (κ3) is 3.06. The van der Waals surface area contributed by atoms with E-state index < -0.39 is 0 Å². The topological polar surface area (TPSA) is 41.1 Å². The number of carbonyl (C=O) groups excluding carboxylic acids is 1. The van der Waals surface area contributed by atoms with Crippen LogP contribution in [0.5, 0.6) is 0 Å². The Morgan fingerprint density at radius 1 is 1.44 bits per heavy atom. The van der Waals surface area contributed by atoms with Crippen molar-refractivity contribution in [1.82, 2.24) is 10.6 Å². The summed E-state index contributed by atoms with van der Waals surface area (Å²) in [5, 5.41) is 6.30. The molecule has 2 N–H and O–H groups in total. The number of hydrogen-bond acceptors (Lipinski definition) is 2. The monoisotopic (exact) mass is 282 g/mol. The van der Waals surface area contributed by atoms with E-state index in [-0.39, 0.29) is 5.91 Å². The predicted octanol–water partition coefficient (Wildman–Crippen LogP) is 1.82. The number of carbonyl (C=O) groups is 1. The fourth-order valence-corrected chi connectivity index (χ4v) is 2.28. The lowest BCUT2D eigenvalue weighted by atomic mass is 10.2. The highest BCUT2D eigenvalue weighted by Gasteiger charge is 2.19. The number of nitrogens with one attached hydrogen (secondary N) is 2. The molecular formula is C12H15BrN2O. The van der Waals surface area contributed by atoms with Gasteiger partial charge >= 0.3 is 0 Å². The lowest BCUT2D eigenvalue weighted by Crippen LogP contribution is -2.35. The fraction of sp³-hybridized carbons (Fsp3) is 0.417. The zero-order valence-corrected chi connectivity index (χ0v) is 10.6. The molecule has 3 nitrogen and oxygen atoms in total. The zero-order valence-electron chi connectivity index (χ0n) is 9.00. The third-order valence-corrected chi connectivity index (χ3v) is 3.52. The second-order valence-corrected chi connectivity index (χ2v) is 4.88. The quantitative estimate of drug-likeness (QED) is 0.885. The van der Waals surface area contributed by atoms with Crippen molar-refractivity contribution in [2.75, 3.05) is 6.54 Å². The molecule has 16 heavy (non-hydrogen) atoms. The Morgan fingerprint density at radius 3 is 2.94 bits per heavy atom. The van der Waals surface area contributed by atoms with Gasteiger partial charge in [-0.05, 0) is 18.1 Å². The molecule has 1 saturated heterocycles. The van der Waals surface area contributed by atoms with Crippen LogP contribution in [-0.4, -0.2) is 18.5 Å². The van der Waals surface area contributed by atoms with Crippen molar-refractivity contribution < 1.29 is 4.79 Å². The maximum Gasteiger partial charge on any atom is 0.220 e. The largest absolute Gasteiger partial charge is 0.352 e. The van der Waals surface area contributed by atoms with E-state index in [1.807, 2.05) is 18.2 Å². The Bertz CT molecular complexity index is 381. The van der Waals surface area contributed by atoms with E-state index in [1.54, 1.807) is 0 Å². The third-order valence-electron chi connectivity index (χ3n) is 2.75. The molecule has 1 aliphatic rings. The first-order valence-corrected chi connectivity index (χ1v) is 6.28. The highest BCUT2D eigenvalue weighted by molar-refractivity contribution is 9.10. The molecule has 0 aromatic heterocycles. The van der Waals surface area contributed by atoms with Gasteiger partial charge in [-0.2, -0.15) is 0 Å². The van der Waals surface area contributed by atoms with Crippen LogP contribution in [0.2, 0.25) is 0 Å². The van der Waals surface area contributed by atoms with Crippen LogP contribution in [0.3, 0.4) is 0 Å².